The summed E-state index contributed by atoms with van der Waals surface area (Å²) < 4.78 is 5.78. The minimum atomic E-state index is -0.171. The maximum absolute atomic E-state index is 13.0. The van der Waals surface area contributed by atoms with E-state index in [-0.39, 0.29) is 5.91 Å². The Kier molecular flexibility index (Phi) is 6.09. The van der Waals surface area contributed by atoms with E-state index >= 15 is 0 Å². The first-order valence-electron chi connectivity index (χ1n) is 11.0. The molecular formula is C27H23N5O2. The first-order chi connectivity index (χ1) is 16.7. The Balaban J connectivity index is 1.25. The monoisotopic (exact) mass is 449 g/mol. The zero-order valence-electron chi connectivity index (χ0n) is 18.7. The van der Waals surface area contributed by atoms with Gasteiger partial charge in [0.2, 0.25) is 5.65 Å². The number of H-pyrrole nitrogens is 1. The van der Waals surface area contributed by atoms with Crippen molar-refractivity contribution in [2.24, 2.45) is 0 Å². The molecule has 2 heterocycles. The maximum Gasteiger partial charge on any atom is 0.255 e. The van der Waals surface area contributed by atoms with Crippen LogP contribution in [0.1, 0.15) is 27.0 Å². The van der Waals surface area contributed by atoms with Crippen molar-refractivity contribution in [1.82, 2.24) is 20.4 Å². The van der Waals surface area contributed by atoms with Crippen LogP contribution < -0.4 is 5.32 Å². The van der Waals surface area contributed by atoms with Crippen molar-refractivity contribution in [1.29, 1.82) is 0 Å². The van der Waals surface area contributed by atoms with Gasteiger partial charge >= 0.3 is 0 Å². The standard InChI is InChI=1S/C27H23N5O2/c1-18-22(24-14-15-25-26(29-24)31-32-30-25)8-5-9-23(18)27(33)28-21-12-10-20(11-13-21)17-34-16-19-6-3-2-4-7-19/h2-15H,16-17H2,1H3,(H,28,33)(H,29,30,31,32). The summed E-state index contributed by atoms with van der Waals surface area (Å²) in [6.45, 7) is 2.99. The summed E-state index contributed by atoms with van der Waals surface area (Å²) in [6.07, 6.45) is 0. The SMILES string of the molecule is Cc1c(C(=O)Nc2ccc(COCc3ccccc3)cc2)cccc1-c1ccc2n[nH]nc2n1. The van der Waals surface area contributed by atoms with Crippen LogP contribution >= 0.6 is 0 Å². The van der Waals surface area contributed by atoms with Gasteiger partial charge in [0.1, 0.15) is 5.52 Å². The molecule has 0 aliphatic carbocycles. The lowest BCUT2D eigenvalue weighted by Crippen LogP contribution is -2.14. The van der Waals surface area contributed by atoms with Crippen LogP contribution in [-0.2, 0) is 18.0 Å². The van der Waals surface area contributed by atoms with Gasteiger partial charge in [-0.05, 0) is 53.9 Å². The Bertz CT molecular complexity index is 1430. The average Bonchev–Trinajstić information content (AvgIpc) is 3.34. The fraction of sp³-hybridized carbons (Fsp3) is 0.111. The van der Waals surface area contributed by atoms with Crippen LogP contribution in [0.3, 0.4) is 0 Å². The van der Waals surface area contributed by atoms with Gasteiger partial charge < -0.3 is 10.1 Å². The molecule has 0 aliphatic rings. The molecule has 0 saturated heterocycles. The van der Waals surface area contributed by atoms with E-state index in [1.54, 1.807) is 0 Å². The Morgan fingerprint density at radius 1 is 0.853 bits per heavy atom. The quantitative estimate of drug-likeness (QED) is 0.352. The van der Waals surface area contributed by atoms with Crippen LogP contribution in [0.25, 0.3) is 22.4 Å². The minimum Gasteiger partial charge on any atom is -0.372 e. The summed E-state index contributed by atoms with van der Waals surface area (Å²) in [6, 6.07) is 27.1. The van der Waals surface area contributed by atoms with Crippen molar-refractivity contribution >= 4 is 22.8 Å². The Hall–Kier alpha value is -4.36. The fourth-order valence-electron chi connectivity index (χ4n) is 3.79. The van der Waals surface area contributed by atoms with E-state index < -0.39 is 0 Å². The van der Waals surface area contributed by atoms with Crippen molar-refractivity contribution < 1.29 is 9.53 Å². The molecular weight excluding hydrogens is 426 g/mol. The van der Waals surface area contributed by atoms with Gasteiger partial charge in [0.05, 0.1) is 18.9 Å². The number of hydrogen-bond acceptors (Lipinski definition) is 5. The van der Waals surface area contributed by atoms with Gasteiger partial charge in [-0.2, -0.15) is 10.3 Å². The highest BCUT2D eigenvalue weighted by Gasteiger charge is 2.14. The van der Waals surface area contributed by atoms with E-state index in [4.69, 9.17) is 4.74 Å². The summed E-state index contributed by atoms with van der Waals surface area (Å²) in [4.78, 5) is 17.6. The van der Waals surface area contributed by atoms with Crippen molar-refractivity contribution in [3.05, 3.63) is 107 Å². The smallest absolute Gasteiger partial charge is 0.255 e. The molecule has 0 aliphatic heterocycles. The molecule has 7 nitrogen and oxygen atoms in total. The highest BCUT2D eigenvalue weighted by Crippen LogP contribution is 2.26. The van der Waals surface area contributed by atoms with Gasteiger partial charge in [-0.3, -0.25) is 4.79 Å². The molecule has 5 rings (SSSR count). The number of aromatic amines is 1. The molecule has 2 N–H and O–H groups in total. The van der Waals surface area contributed by atoms with Crippen molar-refractivity contribution in [2.45, 2.75) is 20.1 Å². The molecule has 168 valence electrons. The zero-order chi connectivity index (χ0) is 23.3. The summed E-state index contributed by atoms with van der Waals surface area (Å²) in [7, 11) is 0. The Labute approximate surface area is 196 Å². The second kappa shape index (κ2) is 9.64. The number of hydrogen-bond donors (Lipinski definition) is 2. The number of pyridine rings is 1. The topological polar surface area (TPSA) is 92.8 Å². The Morgan fingerprint density at radius 3 is 2.41 bits per heavy atom. The molecule has 0 bridgehead atoms. The minimum absolute atomic E-state index is 0.171. The third-order valence-electron chi connectivity index (χ3n) is 5.63. The number of nitrogens with one attached hydrogen (secondary N) is 2. The highest BCUT2D eigenvalue weighted by molar-refractivity contribution is 6.06. The predicted molar refractivity (Wildman–Crippen MR) is 131 cm³/mol. The summed E-state index contributed by atoms with van der Waals surface area (Å²) in [5, 5.41) is 13.6. The van der Waals surface area contributed by atoms with Gasteiger partial charge in [-0.15, -0.1) is 5.10 Å². The lowest BCUT2D eigenvalue weighted by molar-refractivity contribution is 0.102. The number of carbonyl (C=O) groups is 1. The van der Waals surface area contributed by atoms with Crippen LogP contribution in [0.15, 0.2) is 84.9 Å². The number of rotatable bonds is 7. The first-order valence-corrected chi connectivity index (χ1v) is 11.0. The lowest BCUT2D eigenvalue weighted by Gasteiger charge is -2.12. The molecule has 0 saturated carbocycles. The molecule has 0 fully saturated rings. The number of aromatic nitrogens is 4. The second-order valence-electron chi connectivity index (χ2n) is 7.97. The van der Waals surface area contributed by atoms with E-state index in [9.17, 15) is 4.79 Å². The van der Waals surface area contributed by atoms with Crippen LogP contribution in [0.4, 0.5) is 5.69 Å². The largest absolute Gasteiger partial charge is 0.372 e. The number of benzene rings is 3. The molecule has 0 radical (unpaired) electrons. The molecule has 1 amide bonds. The molecule has 2 aromatic heterocycles. The van der Waals surface area contributed by atoms with Crippen molar-refractivity contribution in [3.8, 4) is 11.3 Å². The number of amides is 1. The fourth-order valence-corrected chi connectivity index (χ4v) is 3.79. The van der Waals surface area contributed by atoms with E-state index in [0.29, 0.717) is 29.9 Å². The van der Waals surface area contributed by atoms with E-state index in [0.717, 1.165) is 33.6 Å². The summed E-state index contributed by atoms with van der Waals surface area (Å²) in [5.41, 5.74) is 7.21. The number of anilines is 1. The molecule has 0 atom stereocenters. The number of carbonyl (C=O) groups excluding carboxylic acids is 1. The number of ether oxygens (including phenoxy) is 1. The van der Waals surface area contributed by atoms with E-state index in [1.165, 1.54) is 0 Å². The third-order valence-corrected chi connectivity index (χ3v) is 5.63. The second-order valence-corrected chi connectivity index (χ2v) is 7.97. The van der Waals surface area contributed by atoms with Crippen LogP contribution in [0, 0.1) is 6.92 Å². The van der Waals surface area contributed by atoms with Gasteiger partial charge in [0.25, 0.3) is 5.91 Å². The van der Waals surface area contributed by atoms with Crippen LogP contribution in [-0.4, -0.2) is 26.3 Å². The zero-order valence-corrected chi connectivity index (χ0v) is 18.7. The average molecular weight is 450 g/mol. The Morgan fingerprint density at radius 2 is 1.62 bits per heavy atom. The van der Waals surface area contributed by atoms with E-state index in [2.05, 4.69) is 25.7 Å². The number of fused-ring (bicyclic) bond motifs is 1. The molecule has 7 heteroatoms. The third kappa shape index (κ3) is 4.69. The lowest BCUT2D eigenvalue weighted by atomic mass is 9.99. The molecule has 3 aromatic carbocycles. The van der Waals surface area contributed by atoms with Crippen LogP contribution in [0.5, 0.6) is 0 Å². The summed E-state index contributed by atoms with van der Waals surface area (Å²) in [5.74, 6) is -0.171. The molecule has 5 aromatic rings. The molecule has 34 heavy (non-hydrogen) atoms. The predicted octanol–water partition coefficient (Wildman–Crippen LogP) is 5.30. The van der Waals surface area contributed by atoms with Gasteiger partial charge in [0.15, 0.2) is 0 Å². The van der Waals surface area contributed by atoms with Crippen LogP contribution in [0.2, 0.25) is 0 Å². The maximum atomic E-state index is 13.0. The van der Waals surface area contributed by atoms with E-state index in [1.807, 2.05) is 91.9 Å². The normalized spacial score (nSPS) is 11.0. The number of nitrogens with zero attached hydrogens (tertiary/aromatic N) is 3. The van der Waals surface area contributed by atoms with Gasteiger partial charge in [-0.1, -0.05) is 54.6 Å². The summed E-state index contributed by atoms with van der Waals surface area (Å²) >= 11 is 0. The van der Waals surface area contributed by atoms with Gasteiger partial charge in [0, 0.05) is 16.8 Å². The molecule has 0 spiro atoms. The van der Waals surface area contributed by atoms with Crippen molar-refractivity contribution in [3.63, 3.8) is 0 Å². The van der Waals surface area contributed by atoms with Gasteiger partial charge in [-0.25, -0.2) is 4.98 Å². The molecule has 0 unspecified atom stereocenters. The van der Waals surface area contributed by atoms with Crippen molar-refractivity contribution in [2.75, 3.05) is 5.32 Å². The highest BCUT2D eigenvalue weighted by atomic mass is 16.5. The first kappa shape index (κ1) is 21.5.